The Balaban J connectivity index is 1.61. The number of aromatic nitrogens is 3. The lowest BCUT2D eigenvalue weighted by Gasteiger charge is -2.12. The second-order valence-electron chi connectivity index (χ2n) is 7.51. The predicted octanol–water partition coefficient (Wildman–Crippen LogP) is 3.12. The fraction of sp³-hybridized carbons (Fsp3) is 0.115. The van der Waals surface area contributed by atoms with E-state index in [9.17, 15) is 19.8 Å². The van der Waals surface area contributed by atoms with Crippen LogP contribution in [-0.2, 0) is 13.2 Å². The Labute approximate surface area is 195 Å². The maximum atomic E-state index is 12.8. The Hall–Kier alpha value is -4.27. The summed E-state index contributed by atoms with van der Waals surface area (Å²) in [5.41, 5.74) is 3.69. The molecule has 0 saturated carbocycles. The summed E-state index contributed by atoms with van der Waals surface area (Å²) in [6.45, 7) is -0.536. The van der Waals surface area contributed by atoms with Crippen LogP contribution < -0.4 is 10.4 Å². The van der Waals surface area contributed by atoms with Crippen LogP contribution in [0.25, 0.3) is 23.0 Å². The first kappa shape index (κ1) is 22.9. The van der Waals surface area contributed by atoms with Crippen molar-refractivity contribution in [1.29, 1.82) is 0 Å². The number of methoxy groups -OCH3 is 1. The minimum Gasteiger partial charge on any atom is -0.496 e. The van der Waals surface area contributed by atoms with Crippen molar-refractivity contribution in [3.63, 3.8) is 0 Å². The number of hydrogen-bond donors (Lipinski definition) is 3. The zero-order valence-electron chi connectivity index (χ0n) is 18.4. The van der Waals surface area contributed by atoms with E-state index in [1.807, 2.05) is 6.07 Å². The highest BCUT2D eigenvalue weighted by Crippen LogP contribution is 2.26. The third kappa shape index (κ3) is 4.73. The van der Waals surface area contributed by atoms with Crippen LogP contribution in [0, 0.1) is 0 Å². The van der Waals surface area contributed by atoms with Crippen molar-refractivity contribution in [3.8, 4) is 22.7 Å². The van der Waals surface area contributed by atoms with Crippen LogP contribution >= 0.6 is 0 Å². The summed E-state index contributed by atoms with van der Waals surface area (Å²) < 4.78 is 6.73. The SMILES string of the molecule is COc1cc(C=CC(=O)c2cccc(-n3cc(-c4cccnc4)[nH]c3=O)c2)cc(CO)c1CO. The van der Waals surface area contributed by atoms with Crippen molar-refractivity contribution in [2.45, 2.75) is 13.2 Å². The molecule has 0 unspecified atom stereocenters. The largest absolute Gasteiger partial charge is 0.496 e. The Morgan fingerprint density at radius 3 is 2.71 bits per heavy atom. The summed E-state index contributed by atoms with van der Waals surface area (Å²) in [5, 5.41) is 19.1. The minimum absolute atomic E-state index is 0.256. The monoisotopic (exact) mass is 457 g/mol. The summed E-state index contributed by atoms with van der Waals surface area (Å²) in [5.74, 6) is 0.174. The van der Waals surface area contributed by atoms with Crippen LogP contribution in [0.4, 0.5) is 0 Å². The summed E-state index contributed by atoms with van der Waals surface area (Å²) in [6, 6.07) is 13.8. The minimum atomic E-state index is -0.327. The Bertz CT molecular complexity index is 1380. The number of ether oxygens (including phenoxy) is 1. The van der Waals surface area contributed by atoms with Gasteiger partial charge in [0.1, 0.15) is 5.75 Å². The maximum absolute atomic E-state index is 12.8. The van der Waals surface area contributed by atoms with E-state index in [1.54, 1.807) is 67.1 Å². The first-order valence-electron chi connectivity index (χ1n) is 10.5. The summed E-state index contributed by atoms with van der Waals surface area (Å²) in [7, 11) is 1.47. The molecule has 0 aliphatic rings. The van der Waals surface area contributed by atoms with Crippen LogP contribution in [0.1, 0.15) is 27.0 Å². The number of carbonyl (C=O) groups excluding carboxylic acids is 1. The number of ketones is 1. The molecule has 4 aromatic rings. The highest BCUT2D eigenvalue weighted by atomic mass is 16.5. The molecular weight excluding hydrogens is 434 g/mol. The lowest BCUT2D eigenvalue weighted by atomic mass is 10.0. The van der Waals surface area contributed by atoms with Gasteiger partial charge in [-0.05, 0) is 53.6 Å². The van der Waals surface area contributed by atoms with Crippen LogP contribution in [0.2, 0.25) is 0 Å². The third-order valence-corrected chi connectivity index (χ3v) is 5.40. The standard InChI is InChI=1S/C26H23N3O5/c1-34-25-11-17(10-20(15-30)22(25)16-31)7-8-24(32)18-4-2-6-21(12-18)29-14-23(28-26(29)33)19-5-3-9-27-13-19/h2-14,30-31H,15-16H2,1H3,(H,28,33). The van der Waals surface area contributed by atoms with Crippen LogP contribution in [-0.4, -0.2) is 37.6 Å². The Morgan fingerprint density at radius 2 is 2.00 bits per heavy atom. The highest BCUT2D eigenvalue weighted by molar-refractivity contribution is 6.07. The molecule has 2 aromatic heterocycles. The number of nitrogens with one attached hydrogen (secondary N) is 1. The molecule has 3 N–H and O–H groups in total. The maximum Gasteiger partial charge on any atom is 0.330 e. The second kappa shape index (κ2) is 10.1. The van der Waals surface area contributed by atoms with E-state index in [1.165, 1.54) is 17.8 Å². The van der Waals surface area contributed by atoms with E-state index in [4.69, 9.17) is 4.74 Å². The van der Waals surface area contributed by atoms with Gasteiger partial charge in [-0.3, -0.25) is 14.3 Å². The van der Waals surface area contributed by atoms with Gasteiger partial charge in [-0.1, -0.05) is 18.2 Å². The molecule has 8 nitrogen and oxygen atoms in total. The van der Waals surface area contributed by atoms with Gasteiger partial charge < -0.3 is 19.9 Å². The average molecular weight is 457 g/mol. The molecule has 34 heavy (non-hydrogen) atoms. The molecule has 0 aliphatic carbocycles. The molecule has 0 fully saturated rings. The lowest BCUT2D eigenvalue weighted by molar-refractivity contribution is 0.104. The third-order valence-electron chi connectivity index (χ3n) is 5.40. The van der Waals surface area contributed by atoms with E-state index in [0.717, 1.165) is 5.56 Å². The van der Waals surface area contributed by atoms with Gasteiger partial charge in [-0.15, -0.1) is 0 Å². The molecule has 0 amide bonds. The van der Waals surface area contributed by atoms with Crippen molar-refractivity contribution in [2.24, 2.45) is 0 Å². The van der Waals surface area contributed by atoms with Gasteiger partial charge in [0.15, 0.2) is 5.78 Å². The zero-order chi connectivity index (χ0) is 24.1. The van der Waals surface area contributed by atoms with E-state index >= 15 is 0 Å². The van der Waals surface area contributed by atoms with E-state index in [-0.39, 0.29) is 24.7 Å². The van der Waals surface area contributed by atoms with Gasteiger partial charge in [0.05, 0.1) is 31.7 Å². The number of aliphatic hydroxyl groups is 2. The van der Waals surface area contributed by atoms with Crippen LogP contribution in [0.15, 0.2) is 78.0 Å². The molecule has 172 valence electrons. The molecule has 8 heteroatoms. The predicted molar refractivity (Wildman–Crippen MR) is 128 cm³/mol. The van der Waals surface area contributed by atoms with Gasteiger partial charge in [-0.25, -0.2) is 4.79 Å². The number of rotatable bonds is 8. The van der Waals surface area contributed by atoms with Crippen molar-refractivity contribution in [3.05, 3.63) is 106 Å². The molecule has 0 spiro atoms. The van der Waals surface area contributed by atoms with Crippen molar-refractivity contribution in [1.82, 2.24) is 14.5 Å². The van der Waals surface area contributed by atoms with Crippen molar-refractivity contribution >= 4 is 11.9 Å². The summed E-state index contributed by atoms with van der Waals surface area (Å²) >= 11 is 0. The topological polar surface area (TPSA) is 117 Å². The summed E-state index contributed by atoms with van der Waals surface area (Å²) in [4.78, 5) is 32.2. The van der Waals surface area contributed by atoms with Crippen molar-refractivity contribution in [2.75, 3.05) is 7.11 Å². The van der Waals surface area contributed by atoms with E-state index in [2.05, 4.69) is 9.97 Å². The first-order valence-corrected chi connectivity index (χ1v) is 10.5. The van der Waals surface area contributed by atoms with Gasteiger partial charge in [0, 0.05) is 35.3 Å². The van der Waals surface area contributed by atoms with Gasteiger partial charge in [-0.2, -0.15) is 0 Å². The normalized spacial score (nSPS) is 11.1. The zero-order valence-corrected chi connectivity index (χ0v) is 18.4. The van der Waals surface area contributed by atoms with Crippen LogP contribution in [0.5, 0.6) is 5.75 Å². The molecule has 0 radical (unpaired) electrons. The number of H-pyrrole nitrogens is 1. The van der Waals surface area contributed by atoms with Gasteiger partial charge >= 0.3 is 5.69 Å². The number of aromatic amines is 1. The molecular formula is C26H23N3O5. The number of carbonyl (C=O) groups is 1. The average Bonchev–Trinajstić information content (AvgIpc) is 3.28. The van der Waals surface area contributed by atoms with Gasteiger partial charge in [0.25, 0.3) is 0 Å². The number of pyridine rings is 1. The molecule has 0 saturated heterocycles. The molecule has 0 atom stereocenters. The number of allylic oxidation sites excluding steroid dienone is 1. The molecule has 4 rings (SSSR count). The second-order valence-corrected chi connectivity index (χ2v) is 7.51. The first-order chi connectivity index (χ1) is 16.5. The fourth-order valence-corrected chi connectivity index (χ4v) is 3.66. The number of nitrogens with zero attached hydrogens (tertiary/aromatic N) is 2. The smallest absolute Gasteiger partial charge is 0.330 e. The number of benzene rings is 2. The quantitative estimate of drug-likeness (QED) is 0.276. The fourth-order valence-electron chi connectivity index (χ4n) is 3.66. The Kier molecular flexibility index (Phi) is 6.82. The van der Waals surface area contributed by atoms with E-state index in [0.29, 0.717) is 39.4 Å². The van der Waals surface area contributed by atoms with Crippen LogP contribution in [0.3, 0.4) is 0 Å². The number of hydrogen-bond acceptors (Lipinski definition) is 6. The molecule has 2 aromatic carbocycles. The molecule has 0 aliphatic heterocycles. The molecule has 0 bridgehead atoms. The summed E-state index contributed by atoms with van der Waals surface area (Å²) in [6.07, 6.45) is 8.01. The van der Waals surface area contributed by atoms with Crippen molar-refractivity contribution < 1.29 is 19.7 Å². The molecule has 2 heterocycles. The number of aliphatic hydroxyl groups excluding tert-OH is 2. The Morgan fingerprint density at radius 1 is 1.15 bits per heavy atom. The number of imidazole rings is 1. The lowest BCUT2D eigenvalue weighted by Crippen LogP contribution is -2.14. The highest BCUT2D eigenvalue weighted by Gasteiger charge is 2.11. The van der Waals surface area contributed by atoms with E-state index < -0.39 is 0 Å². The van der Waals surface area contributed by atoms with Gasteiger partial charge in [0.2, 0.25) is 0 Å².